The summed E-state index contributed by atoms with van der Waals surface area (Å²) in [7, 11) is 0. The highest BCUT2D eigenvalue weighted by Crippen LogP contribution is 2.23. The molecule has 0 radical (unpaired) electrons. The predicted octanol–water partition coefficient (Wildman–Crippen LogP) is 2.65. The van der Waals surface area contributed by atoms with Crippen molar-refractivity contribution < 1.29 is 4.79 Å². The molecule has 1 amide bonds. The third-order valence-electron chi connectivity index (χ3n) is 5.52. The fourth-order valence-corrected chi connectivity index (χ4v) is 4.54. The van der Waals surface area contributed by atoms with Crippen LogP contribution in [0.3, 0.4) is 0 Å². The molecule has 4 rings (SSSR count). The van der Waals surface area contributed by atoms with Crippen LogP contribution in [0.1, 0.15) is 53.2 Å². The summed E-state index contributed by atoms with van der Waals surface area (Å²) in [6, 6.07) is 2.51. The summed E-state index contributed by atoms with van der Waals surface area (Å²) in [6.07, 6.45) is 6.28. The van der Waals surface area contributed by atoms with Crippen LogP contribution in [0.15, 0.2) is 6.07 Å². The number of piperazine rings is 1. The molecule has 2 aliphatic rings. The highest BCUT2D eigenvalue weighted by Gasteiger charge is 2.26. The third kappa shape index (κ3) is 4.24. The van der Waals surface area contributed by atoms with Crippen LogP contribution in [0.25, 0.3) is 0 Å². The second-order valence-corrected chi connectivity index (χ2v) is 8.39. The Hall–Kier alpha value is -2.29. The van der Waals surface area contributed by atoms with E-state index < -0.39 is 0 Å². The lowest BCUT2D eigenvalue weighted by atomic mass is 9.96. The summed E-state index contributed by atoms with van der Waals surface area (Å²) in [4.78, 5) is 26.8. The number of aromatic nitrogens is 4. The Kier molecular flexibility index (Phi) is 5.70. The molecule has 0 bridgehead atoms. The summed E-state index contributed by atoms with van der Waals surface area (Å²) in [6.45, 7) is 6.70. The first-order valence-electron chi connectivity index (χ1n) is 10.1. The van der Waals surface area contributed by atoms with E-state index in [2.05, 4.69) is 24.8 Å². The molecule has 2 aromatic rings. The number of nitrogens with zero attached hydrogens (tertiary/aromatic N) is 6. The van der Waals surface area contributed by atoms with Crippen molar-refractivity contribution in [2.45, 2.75) is 52.0 Å². The molecule has 9 heteroatoms. The zero-order chi connectivity index (χ0) is 19.5. The van der Waals surface area contributed by atoms with Crippen molar-refractivity contribution in [3.8, 4) is 0 Å². The second-order valence-electron chi connectivity index (χ2n) is 7.64. The summed E-state index contributed by atoms with van der Waals surface area (Å²) in [5.41, 5.74) is 1.68. The fraction of sp³-hybridized carbons (Fsp3) is 0.632. The Labute approximate surface area is 169 Å². The van der Waals surface area contributed by atoms with Crippen molar-refractivity contribution in [1.29, 1.82) is 0 Å². The summed E-state index contributed by atoms with van der Waals surface area (Å²) in [5, 5.41) is 7.48. The van der Waals surface area contributed by atoms with Crippen LogP contribution in [0.2, 0.25) is 0 Å². The van der Waals surface area contributed by atoms with Gasteiger partial charge in [0.1, 0.15) is 10.7 Å². The van der Waals surface area contributed by atoms with Crippen molar-refractivity contribution in [1.82, 2.24) is 24.5 Å². The average Bonchev–Trinajstić information content (AvgIpc) is 3.14. The lowest BCUT2D eigenvalue weighted by Crippen LogP contribution is -2.49. The van der Waals surface area contributed by atoms with Crippen LogP contribution in [0, 0.1) is 13.8 Å². The molecule has 1 N–H and O–H groups in total. The Morgan fingerprint density at radius 1 is 1.11 bits per heavy atom. The van der Waals surface area contributed by atoms with E-state index in [1.54, 1.807) is 0 Å². The van der Waals surface area contributed by atoms with Gasteiger partial charge in [-0.15, -0.1) is 5.10 Å². The Morgan fingerprint density at radius 2 is 1.86 bits per heavy atom. The standard InChI is InChI=1S/C19H27N7OS/c1-13-12-16(22-19(20-13)21-15-6-4-3-5-7-15)25-8-10-26(11-9-25)18(27)17-14(2)23-24-28-17/h12,15H,3-11H2,1-2H3,(H,20,21,22). The van der Waals surface area contributed by atoms with Crippen molar-refractivity contribution in [3.05, 3.63) is 22.3 Å². The van der Waals surface area contributed by atoms with E-state index in [0.717, 1.165) is 30.5 Å². The fourth-order valence-electron chi connectivity index (χ4n) is 3.92. The Morgan fingerprint density at radius 3 is 2.54 bits per heavy atom. The van der Waals surface area contributed by atoms with Crippen LogP contribution in [-0.4, -0.2) is 62.6 Å². The first-order chi connectivity index (χ1) is 13.6. The van der Waals surface area contributed by atoms with E-state index in [1.165, 1.54) is 43.6 Å². The minimum atomic E-state index is 0.0330. The minimum absolute atomic E-state index is 0.0330. The SMILES string of the molecule is Cc1cc(N2CCN(C(=O)c3snnc3C)CC2)nc(NC2CCCCC2)n1. The maximum atomic E-state index is 12.7. The zero-order valence-electron chi connectivity index (χ0n) is 16.5. The molecule has 150 valence electrons. The van der Waals surface area contributed by atoms with Gasteiger partial charge >= 0.3 is 0 Å². The molecule has 1 aliphatic heterocycles. The molecule has 1 aliphatic carbocycles. The molecule has 0 atom stereocenters. The van der Waals surface area contributed by atoms with Gasteiger partial charge in [-0.05, 0) is 38.2 Å². The van der Waals surface area contributed by atoms with Gasteiger partial charge in [0, 0.05) is 44.0 Å². The van der Waals surface area contributed by atoms with Crippen LogP contribution >= 0.6 is 11.5 Å². The topological polar surface area (TPSA) is 87.1 Å². The maximum Gasteiger partial charge on any atom is 0.267 e. The number of hydrogen-bond acceptors (Lipinski definition) is 8. The smallest absolute Gasteiger partial charge is 0.267 e. The number of amides is 1. The monoisotopic (exact) mass is 401 g/mol. The van der Waals surface area contributed by atoms with Crippen molar-refractivity contribution in [3.63, 3.8) is 0 Å². The maximum absolute atomic E-state index is 12.7. The van der Waals surface area contributed by atoms with Crippen LogP contribution in [-0.2, 0) is 0 Å². The number of anilines is 2. The molecule has 0 unspecified atom stereocenters. The molecular formula is C19H27N7OS. The van der Waals surface area contributed by atoms with Gasteiger partial charge in [0.15, 0.2) is 0 Å². The Bertz CT molecular complexity index is 825. The highest BCUT2D eigenvalue weighted by atomic mass is 32.1. The third-order valence-corrected chi connectivity index (χ3v) is 6.33. The molecule has 2 fully saturated rings. The molecule has 0 aromatic carbocycles. The van der Waals surface area contributed by atoms with Gasteiger partial charge < -0.3 is 15.1 Å². The molecule has 2 aromatic heterocycles. The Balaban J connectivity index is 1.40. The number of hydrogen-bond donors (Lipinski definition) is 1. The highest BCUT2D eigenvalue weighted by molar-refractivity contribution is 7.07. The van der Waals surface area contributed by atoms with Crippen LogP contribution in [0.4, 0.5) is 11.8 Å². The predicted molar refractivity (Wildman–Crippen MR) is 110 cm³/mol. The molecular weight excluding hydrogens is 374 g/mol. The van der Waals surface area contributed by atoms with E-state index in [0.29, 0.717) is 29.7 Å². The van der Waals surface area contributed by atoms with Gasteiger partial charge in [0.25, 0.3) is 5.91 Å². The number of aryl methyl sites for hydroxylation is 2. The van der Waals surface area contributed by atoms with E-state index in [-0.39, 0.29) is 5.91 Å². The van der Waals surface area contributed by atoms with Crippen molar-refractivity contribution in [2.24, 2.45) is 0 Å². The minimum Gasteiger partial charge on any atom is -0.353 e. The molecule has 28 heavy (non-hydrogen) atoms. The zero-order valence-corrected chi connectivity index (χ0v) is 17.3. The quantitative estimate of drug-likeness (QED) is 0.843. The van der Waals surface area contributed by atoms with Gasteiger partial charge in [-0.25, -0.2) is 4.98 Å². The van der Waals surface area contributed by atoms with Gasteiger partial charge in [0.05, 0.1) is 5.69 Å². The molecule has 3 heterocycles. The largest absolute Gasteiger partial charge is 0.353 e. The lowest BCUT2D eigenvalue weighted by molar-refractivity contribution is 0.0750. The van der Waals surface area contributed by atoms with E-state index >= 15 is 0 Å². The van der Waals surface area contributed by atoms with Crippen molar-refractivity contribution >= 4 is 29.2 Å². The van der Waals surface area contributed by atoms with Gasteiger partial charge in [0.2, 0.25) is 5.95 Å². The van der Waals surface area contributed by atoms with Gasteiger partial charge in [-0.3, -0.25) is 4.79 Å². The number of nitrogens with one attached hydrogen (secondary N) is 1. The van der Waals surface area contributed by atoms with Crippen LogP contribution < -0.4 is 10.2 Å². The average molecular weight is 402 g/mol. The normalized spacial score (nSPS) is 18.4. The molecule has 8 nitrogen and oxygen atoms in total. The lowest BCUT2D eigenvalue weighted by Gasteiger charge is -2.35. The van der Waals surface area contributed by atoms with E-state index in [4.69, 9.17) is 4.98 Å². The van der Waals surface area contributed by atoms with Crippen LogP contribution in [0.5, 0.6) is 0 Å². The number of carbonyl (C=O) groups is 1. The van der Waals surface area contributed by atoms with E-state index in [1.807, 2.05) is 24.8 Å². The number of carbonyl (C=O) groups excluding carboxylic acids is 1. The first kappa shape index (κ1) is 19.0. The summed E-state index contributed by atoms with van der Waals surface area (Å²) < 4.78 is 3.88. The molecule has 0 spiro atoms. The van der Waals surface area contributed by atoms with E-state index in [9.17, 15) is 4.79 Å². The second kappa shape index (κ2) is 8.38. The number of rotatable bonds is 4. The first-order valence-corrected chi connectivity index (χ1v) is 10.8. The van der Waals surface area contributed by atoms with Gasteiger partial charge in [-0.1, -0.05) is 23.8 Å². The van der Waals surface area contributed by atoms with Gasteiger partial charge in [-0.2, -0.15) is 4.98 Å². The van der Waals surface area contributed by atoms with Crippen molar-refractivity contribution in [2.75, 3.05) is 36.4 Å². The molecule has 1 saturated carbocycles. The summed E-state index contributed by atoms with van der Waals surface area (Å²) >= 11 is 1.17. The summed E-state index contributed by atoms with van der Waals surface area (Å²) in [5.74, 6) is 1.70. The molecule has 1 saturated heterocycles.